The number of carbonyl (C=O) groups excluding carboxylic acids is 1. The van der Waals surface area contributed by atoms with Crippen molar-refractivity contribution in [2.75, 3.05) is 57.4 Å². The third-order valence-corrected chi connectivity index (χ3v) is 13.0. The van der Waals surface area contributed by atoms with Gasteiger partial charge in [-0.3, -0.25) is 9.69 Å². The molecule has 59 heavy (non-hydrogen) atoms. The lowest BCUT2D eigenvalue weighted by Crippen LogP contribution is -2.47. The molecule has 2 N–H and O–H groups in total. The van der Waals surface area contributed by atoms with E-state index in [0.717, 1.165) is 93.2 Å². The van der Waals surface area contributed by atoms with Gasteiger partial charge in [0.2, 0.25) is 5.88 Å². The minimum Gasteiger partial charge on any atom is -0.475 e. The van der Waals surface area contributed by atoms with Crippen LogP contribution < -0.4 is 19.1 Å². The van der Waals surface area contributed by atoms with E-state index >= 15 is 4.39 Å². The molecule has 5 aromatic rings. The summed E-state index contributed by atoms with van der Waals surface area (Å²) in [5, 5.41) is 1.53. The van der Waals surface area contributed by atoms with Gasteiger partial charge >= 0.3 is 0 Å². The van der Waals surface area contributed by atoms with E-state index in [-0.39, 0.29) is 35.1 Å². The average Bonchev–Trinajstić information content (AvgIpc) is 3.70. The average molecular weight is 843 g/mol. The highest BCUT2D eigenvalue weighted by atomic mass is 35.5. The molecule has 310 valence electrons. The molecule has 5 heterocycles. The number of halogens is 2. The van der Waals surface area contributed by atoms with E-state index in [2.05, 4.69) is 55.5 Å². The van der Waals surface area contributed by atoms with Crippen molar-refractivity contribution in [2.45, 2.75) is 50.8 Å². The van der Waals surface area contributed by atoms with Gasteiger partial charge in [0.05, 0.1) is 24.6 Å². The Morgan fingerprint density at radius 2 is 1.80 bits per heavy atom. The number of hydrogen-bond acceptors (Lipinski definition) is 10. The Labute approximate surface area is 348 Å². The Bertz CT molecular complexity index is 2460. The molecule has 0 radical (unpaired) electrons. The molecule has 0 atom stereocenters. The second kappa shape index (κ2) is 17.3. The molecule has 3 aromatic heterocycles. The molecule has 0 bridgehead atoms. The van der Waals surface area contributed by atoms with E-state index < -0.39 is 26.6 Å². The second-order valence-corrected chi connectivity index (χ2v) is 18.4. The standard InChI is InChI=1S/C44H48ClFN6O6S/c1-44(2)13-9-32(38(24-44)30-3-5-33(45)6-4-30)27-51-15-17-52(18-16-51)34-7-8-37(40(22-34)58-35-21-31-10-14-47-41(31)48-25-35)42(53)50-59(54,55)36-23-39(46)43(49-26-36)57-28-29-11-19-56-20-12-29/h3-8,10,14,21-23,25-26,29H,9,11-13,15-20,24,27-28H2,1-2H3,(H,47,48)(H,50,53). The van der Waals surface area contributed by atoms with Crippen molar-refractivity contribution in [3.05, 3.63) is 107 Å². The van der Waals surface area contributed by atoms with Gasteiger partial charge in [0.1, 0.15) is 22.0 Å². The summed E-state index contributed by atoms with van der Waals surface area (Å²) in [7, 11) is -4.54. The molecule has 3 aliphatic rings. The van der Waals surface area contributed by atoms with Crippen LogP contribution in [0.1, 0.15) is 61.9 Å². The van der Waals surface area contributed by atoms with Crippen molar-refractivity contribution in [1.82, 2.24) is 24.6 Å². The lowest BCUT2D eigenvalue weighted by Gasteiger charge is -2.39. The molecule has 2 fully saturated rings. The van der Waals surface area contributed by atoms with Crippen molar-refractivity contribution in [3.63, 3.8) is 0 Å². The summed E-state index contributed by atoms with van der Waals surface area (Å²) in [6.45, 7) is 10.1. The van der Waals surface area contributed by atoms with E-state index in [1.807, 2.05) is 18.2 Å². The quantitative estimate of drug-likeness (QED) is 0.126. The lowest BCUT2D eigenvalue weighted by molar-refractivity contribution is 0.0483. The zero-order valence-corrected chi connectivity index (χ0v) is 34.8. The number of nitrogens with zero attached hydrogens (tertiary/aromatic N) is 4. The number of piperazine rings is 1. The van der Waals surface area contributed by atoms with Crippen LogP contribution in [-0.4, -0.2) is 86.7 Å². The highest BCUT2D eigenvalue weighted by Gasteiger charge is 2.30. The van der Waals surface area contributed by atoms with Crippen LogP contribution in [0.3, 0.4) is 0 Å². The number of sulfonamides is 1. The van der Waals surface area contributed by atoms with Crippen LogP contribution in [-0.2, 0) is 14.8 Å². The first kappa shape index (κ1) is 40.7. The second-order valence-electron chi connectivity index (χ2n) is 16.3. The number of aromatic amines is 1. The predicted octanol–water partition coefficient (Wildman–Crippen LogP) is 8.25. The minimum absolute atomic E-state index is 0.0307. The fraction of sp³-hybridized carbons (Fsp3) is 0.386. The smallest absolute Gasteiger partial charge is 0.268 e. The number of aromatic nitrogens is 3. The van der Waals surface area contributed by atoms with Gasteiger partial charge in [-0.05, 0) is 91.0 Å². The van der Waals surface area contributed by atoms with E-state index in [1.165, 1.54) is 22.9 Å². The highest BCUT2D eigenvalue weighted by molar-refractivity contribution is 7.90. The number of H-pyrrole nitrogens is 1. The van der Waals surface area contributed by atoms with Gasteiger partial charge in [0, 0.05) is 80.4 Å². The molecule has 12 nitrogen and oxygen atoms in total. The van der Waals surface area contributed by atoms with E-state index in [4.69, 9.17) is 25.8 Å². The number of fused-ring (bicyclic) bond motifs is 1. The summed E-state index contributed by atoms with van der Waals surface area (Å²) >= 11 is 6.23. The molecule has 1 amide bonds. The molecular formula is C44H48ClFN6O6S. The molecule has 2 saturated heterocycles. The summed E-state index contributed by atoms with van der Waals surface area (Å²) in [5.41, 5.74) is 5.81. The molecule has 2 aromatic carbocycles. The number of amides is 1. The molecule has 0 saturated carbocycles. The monoisotopic (exact) mass is 842 g/mol. The van der Waals surface area contributed by atoms with Gasteiger partial charge in [0.25, 0.3) is 15.9 Å². The van der Waals surface area contributed by atoms with Crippen molar-refractivity contribution >= 4 is 49.8 Å². The Morgan fingerprint density at radius 1 is 1.02 bits per heavy atom. The van der Waals surface area contributed by atoms with Crippen molar-refractivity contribution < 1.29 is 31.8 Å². The number of anilines is 1. The molecule has 1 aliphatic carbocycles. The summed E-state index contributed by atoms with van der Waals surface area (Å²) in [4.78, 5) is 29.4. The van der Waals surface area contributed by atoms with Gasteiger partial charge in [0.15, 0.2) is 5.82 Å². The normalized spacial score (nSPS) is 17.9. The topological polar surface area (TPSA) is 139 Å². The molecule has 0 unspecified atom stereocenters. The zero-order valence-electron chi connectivity index (χ0n) is 33.2. The van der Waals surface area contributed by atoms with Gasteiger partial charge in [-0.1, -0.05) is 43.2 Å². The zero-order chi connectivity index (χ0) is 41.1. The first-order valence-electron chi connectivity index (χ1n) is 20.0. The number of rotatable bonds is 12. The Kier molecular flexibility index (Phi) is 11.9. The SMILES string of the molecule is CC1(C)CCC(CN2CCN(c3ccc(C(=O)NS(=O)(=O)c4cnc(OCC5CCOCC5)c(F)c4)c(Oc4cnc5[nH]ccc5c4)c3)CC2)=C(c2ccc(Cl)cc2)C1. The van der Waals surface area contributed by atoms with E-state index in [0.29, 0.717) is 24.6 Å². The highest BCUT2D eigenvalue weighted by Crippen LogP contribution is 2.43. The van der Waals surface area contributed by atoms with Gasteiger partial charge in [-0.2, -0.15) is 0 Å². The largest absolute Gasteiger partial charge is 0.475 e. The molecule has 15 heteroatoms. The van der Waals surface area contributed by atoms with Gasteiger partial charge < -0.3 is 24.1 Å². The Balaban J connectivity index is 0.986. The Hall–Kier alpha value is -5.02. The summed E-state index contributed by atoms with van der Waals surface area (Å²) in [6, 6.07) is 17.7. The number of carbonyl (C=O) groups is 1. The fourth-order valence-corrected chi connectivity index (χ4v) is 9.03. The van der Waals surface area contributed by atoms with Crippen LogP contribution in [0.15, 0.2) is 89.7 Å². The maximum atomic E-state index is 15.0. The number of benzene rings is 2. The van der Waals surface area contributed by atoms with Gasteiger partial charge in [-0.15, -0.1) is 0 Å². The molecule has 2 aliphatic heterocycles. The summed E-state index contributed by atoms with van der Waals surface area (Å²) in [5.74, 6) is -1.52. The van der Waals surface area contributed by atoms with Crippen LogP contribution in [0.25, 0.3) is 16.6 Å². The number of nitrogens with one attached hydrogen (secondary N) is 2. The third kappa shape index (κ3) is 9.73. The third-order valence-electron chi connectivity index (χ3n) is 11.5. The first-order valence-corrected chi connectivity index (χ1v) is 21.9. The first-order chi connectivity index (χ1) is 28.4. The maximum absolute atomic E-state index is 15.0. The van der Waals surface area contributed by atoms with E-state index in [1.54, 1.807) is 30.5 Å². The predicted molar refractivity (Wildman–Crippen MR) is 225 cm³/mol. The van der Waals surface area contributed by atoms with Crippen molar-refractivity contribution in [2.24, 2.45) is 11.3 Å². The van der Waals surface area contributed by atoms with E-state index in [9.17, 15) is 13.2 Å². The van der Waals surface area contributed by atoms with Crippen LogP contribution in [0.4, 0.5) is 10.1 Å². The molecule has 8 rings (SSSR count). The van der Waals surface area contributed by atoms with Crippen LogP contribution in [0.2, 0.25) is 5.02 Å². The number of allylic oxidation sites excluding steroid dienone is 1. The van der Waals surface area contributed by atoms with Crippen molar-refractivity contribution in [1.29, 1.82) is 0 Å². The number of ether oxygens (including phenoxy) is 3. The maximum Gasteiger partial charge on any atom is 0.268 e. The van der Waals surface area contributed by atoms with Crippen molar-refractivity contribution in [3.8, 4) is 17.4 Å². The summed E-state index contributed by atoms with van der Waals surface area (Å²) in [6.07, 6.45) is 9.04. The minimum atomic E-state index is -4.54. The summed E-state index contributed by atoms with van der Waals surface area (Å²) < 4.78 is 61.2. The van der Waals surface area contributed by atoms with Crippen LogP contribution in [0, 0.1) is 17.2 Å². The van der Waals surface area contributed by atoms with Gasteiger partial charge in [-0.25, -0.2) is 27.5 Å². The number of hydrogen-bond donors (Lipinski definition) is 2. The molecule has 0 spiro atoms. The number of pyridine rings is 2. The lowest BCUT2D eigenvalue weighted by atomic mass is 9.72. The van der Waals surface area contributed by atoms with Crippen LogP contribution in [0.5, 0.6) is 17.4 Å². The Morgan fingerprint density at radius 3 is 2.56 bits per heavy atom. The molecular weight excluding hydrogens is 795 g/mol. The fourth-order valence-electron chi connectivity index (χ4n) is 7.99. The van der Waals surface area contributed by atoms with Crippen LogP contribution >= 0.6 is 11.6 Å².